The van der Waals surface area contributed by atoms with E-state index in [2.05, 4.69) is 4.98 Å². The lowest BCUT2D eigenvalue weighted by Gasteiger charge is -2.25. The summed E-state index contributed by atoms with van der Waals surface area (Å²) in [6.45, 7) is 5.51. The third-order valence-electron chi connectivity index (χ3n) is 1.92. The second kappa shape index (κ2) is 3.44. The fourth-order valence-electron chi connectivity index (χ4n) is 1.02. The molecule has 1 atom stereocenters. The SMILES string of the molecule is Cc1ccc(C(O)C(C)(C)N)nc1. The molecule has 0 radical (unpaired) electrons. The summed E-state index contributed by atoms with van der Waals surface area (Å²) in [5, 5.41) is 9.76. The van der Waals surface area contributed by atoms with Crippen molar-refractivity contribution in [2.24, 2.45) is 5.73 Å². The van der Waals surface area contributed by atoms with Crippen molar-refractivity contribution in [2.45, 2.75) is 32.4 Å². The van der Waals surface area contributed by atoms with Crippen LogP contribution >= 0.6 is 0 Å². The van der Waals surface area contributed by atoms with Gasteiger partial charge in [-0.25, -0.2) is 0 Å². The van der Waals surface area contributed by atoms with Crippen molar-refractivity contribution >= 4 is 0 Å². The van der Waals surface area contributed by atoms with E-state index >= 15 is 0 Å². The minimum Gasteiger partial charge on any atom is -0.385 e. The van der Waals surface area contributed by atoms with Crippen LogP contribution in [-0.4, -0.2) is 15.6 Å². The van der Waals surface area contributed by atoms with Crippen LogP contribution in [0.3, 0.4) is 0 Å². The maximum atomic E-state index is 9.76. The van der Waals surface area contributed by atoms with E-state index in [1.165, 1.54) is 0 Å². The van der Waals surface area contributed by atoms with Crippen molar-refractivity contribution in [2.75, 3.05) is 0 Å². The zero-order valence-electron chi connectivity index (χ0n) is 8.28. The van der Waals surface area contributed by atoms with Gasteiger partial charge in [-0.3, -0.25) is 4.98 Å². The standard InChI is InChI=1S/C10H16N2O/c1-7-4-5-8(12-6-7)9(13)10(2,3)11/h4-6,9,13H,11H2,1-3H3. The summed E-state index contributed by atoms with van der Waals surface area (Å²) >= 11 is 0. The number of aliphatic hydroxyl groups is 1. The average Bonchev–Trinajstić information content (AvgIpc) is 2.03. The van der Waals surface area contributed by atoms with E-state index in [0.717, 1.165) is 5.56 Å². The highest BCUT2D eigenvalue weighted by molar-refractivity contribution is 5.16. The Morgan fingerprint density at radius 3 is 2.46 bits per heavy atom. The summed E-state index contributed by atoms with van der Waals surface area (Å²) in [5.74, 6) is 0. The number of aromatic nitrogens is 1. The van der Waals surface area contributed by atoms with Crippen molar-refractivity contribution < 1.29 is 5.11 Å². The molecular weight excluding hydrogens is 164 g/mol. The maximum Gasteiger partial charge on any atom is 0.113 e. The summed E-state index contributed by atoms with van der Waals surface area (Å²) in [5.41, 5.74) is 6.81. The van der Waals surface area contributed by atoms with Crippen molar-refractivity contribution in [3.8, 4) is 0 Å². The predicted octanol–water partition coefficient (Wildman–Crippen LogP) is 1.16. The molecule has 0 aliphatic heterocycles. The van der Waals surface area contributed by atoms with Gasteiger partial charge in [0.2, 0.25) is 0 Å². The van der Waals surface area contributed by atoms with Crippen LogP contribution in [0.1, 0.15) is 31.2 Å². The highest BCUT2D eigenvalue weighted by Crippen LogP contribution is 2.20. The molecule has 1 aromatic heterocycles. The Kier molecular flexibility index (Phi) is 2.68. The Labute approximate surface area is 78.6 Å². The third-order valence-corrected chi connectivity index (χ3v) is 1.92. The van der Waals surface area contributed by atoms with E-state index in [1.807, 2.05) is 13.0 Å². The van der Waals surface area contributed by atoms with Gasteiger partial charge >= 0.3 is 0 Å². The molecule has 0 amide bonds. The monoisotopic (exact) mass is 180 g/mol. The molecule has 0 saturated heterocycles. The number of nitrogens with zero attached hydrogens (tertiary/aromatic N) is 1. The molecule has 13 heavy (non-hydrogen) atoms. The molecule has 0 aliphatic carbocycles. The van der Waals surface area contributed by atoms with Crippen molar-refractivity contribution in [1.29, 1.82) is 0 Å². The van der Waals surface area contributed by atoms with Crippen LogP contribution < -0.4 is 5.73 Å². The van der Waals surface area contributed by atoms with Crippen molar-refractivity contribution in [1.82, 2.24) is 4.98 Å². The molecule has 0 aliphatic rings. The van der Waals surface area contributed by atoms with E-state index in [1.54, 1.807) is 26.1 Å². The van der Waals surface area contributed by atoms with Gasteiger partial charge in [0.25, 0.3) is 0 Å². The molecule has 0 bridgehead atoms. The first-order chi connectivity index (χ1) is 5.91. The van der Waals surface area contributed by atoms with Crippen molar-refractivity contribution in [3.63, 3.8) is 0 Å². The zero-order chi connectivity index (χ0) is 10.1. The Bertz CT molecular complexity index is 274. The predicted molar refractivity (Wildman–Crippen MR) is 52.2 cm³/mol. The largest absolute Gasteiger partial charge is 0.385 e. The lowest BCUT2D eigenvalue weighted by atomic mass is 9.96. The fraction of sp³-hybridized carbons (Fsp3) is 0.500. The van der Waals surface area contributed by atoms with Crippen LogP contribution in [-0.2, 0) is 0 Å². The van der Waals surface area contributed by atoms with Gasteiger partial charge in [-0.1, -0.05) is 6.07 Å². The summed E-state index contributed by atoms with van der Waals surface area (Å²) in [6.07, 6.45) is 1.01. The Morgan fingerprint density at radius 1 is 1.46 bits per heavy atom. The Balaban J connectivity index is 2.90. The molecule has 1 unspecified atom stereocenters. The maximum absolute atomic E-state index is 9.76. The number of rotatable bonds is 2. The number of aryl methyl sites for hydroxylation is 1. The normalized spacial score (nSPS) is 14.2. The number of hydrogen-bond acceptors (Lipinski definition) is 3. The zero-order valence-corrected chi connectivity index (χ0v) is 8.28. The van der Waals surface area contributed by atoms with E-state index in [0.29, 0.717) is 5.69 Å². The van der Waals surface area contributed by atoms with Crippen LogP contribution in [0.5, 0.6) is 0 Å². The minimum atomic E-state index is -0.715. The molecule has 3 N–H and O–H groups in total. The van der Waals surface area contributed by atoms with E-state index in [9.17, 15) is 5.11 Å². The number of hydrogen-bond donors (Lipinski definition) is 2. The molecule has 0 fully saturated rings. The topological polar surface area (TPSA) is 59.1 Å². The van der Waals surface area contributed by atoms with Crippen LogP contribution in [0.2, 0.25) is 0 Å². The van der Waals surface area contributed by atoms with Crippen LogP contribution in [0.25, 0.3) is 0 Å². The van der Waals surface area contributed by atoms with Gasteiger partial charge in [0.05, 0.1) is 5.69 Å². The van der Waals surface area contributed by atoms with E-state index in [4.69, 9.17) is 5.73 Å². The molecule has 0 aromatic carbocycles. The molecule has 1 rings (SSSR count). The first-order valence-electron chi connectivity index (χ1n) is 4.31. The van der Waals surface area contributed by atoms with Crippen LogP contribution in [0, 0.1) is 6.92 Å². The first kappa shape index (κ1) is 10.2. The molecule has 3 nitrogen and oxygen atoms in total. The quantitative estimate of drug-likeness (QED) is 0.718. The minimum absolute atomic E-state index is 0.623. The number of pyridine rings is 1. The Hall–Kier alpha value is -0.930. The van der Waals surface area contributed by atoms with Gasteiger partial charge in [0.1, 0.15) is 6.10 Å². The first-order valence-corrected chi connectivity index (χ1v) is 4.31. The highest BCUT2D eigenvalue weighted by atomic mass is 16.3. The van der Waals surface area contributed by atoms with E-state index < -0.39 is 11.6 Å². The highest BCUT2D eigenvalue weighted by Gasteiger charge is 2.25. The van der Waals surface area contributed by atoms with Gasteiger partial charge in [-0.2, -0.15) is 0 Å². The van der Waals surface area contributed by atoms with Gasteiger partial charge in [0, 0.05) is 11.7 Å². The molecule has 0 saturated carbocycles. The molecule has 72 valence electrons. The summed E-state index contributed by atoms with van der Waals surface area (Å²) in [4.78, 5) is 4.11. The third kappa shape index (κ3) is 2.50. The van der Waals surface area contributed by atoms with Gasteiger partial charge in [-0.05, 0) is 32.4 Å². The second-order valence-corrected chi connectivity index (χ2v) is 3.98. The van der Waals surface area contributed by atoms with Crippen LogP contribution in [0.4, 0.5) is 0 Å². The lowest BCUT2D eigenvalue weighted by Crippen LogP contribution is -2.39. The van der Waals surface area contributed by atoms with Crippen LogP contribution in [0.15, 0.2) is 18.3 Å². The molecule has 1 aromatic rings. The van der Waals surface area contributed by atoms with Gasteiger partial charge < -0.3 is 10.8 Å². The fourth-order valence-corrected chi connectivity index (χ4v) is 1.02. The molecular formula is C10H16N2O. The smallest absolute Gasteiger partial charge is 0.113 e. The number of nitrogens with two attached hydrogens (primary N) is 1. The second-order valence-electron chi connectivity index (χ2n) is 3.98. The summed E-state index contributed by atoms with van der Waals surface area (Å²) in [6, 6.07) is 3.71. The Morgan fingerprint density at radius 2 is 2.08 bits per heavy atom. The lowest BCUT2D eigenvalue weighted by molar-refractivity contribution is 0.100. The molecule has 0 spiro atoms. The average molecular weight is 180 g/mol. The molecule has 3 heteroatoms. The van der Waals surface area contributed by atoms with Gasteiger partial charge in [0.15, 0.2) is 0 Å². The summed E-state index contributed by atoms with van der Waals surface area (Å²) < 4.78 is 0. The van der Waals surface area contributed by atoms with Crippen molar-refractivity contribution in [3.05, 3.63) is 29.6 Å². The number of aliphatic hydroxyl groups excluding tert-OH is 1. The van der Waals surface area contributed by atoms with Gasteiger partial charge in [-0.15, -0.1) is 0 Å². The van der Waals surface area contributed by atoms with E-state index in [-0.39, 0.29) is 0 Å². The molecule has 1 heterocycles. The summed E-state index contributed by atoms with van der Waals surface area (Å²) in [7, 11) is 0.